The van der Waals surface area contributed by atoms with Crippen LogP contribution in [0.15, 0.2) is 41.8 Å². The van der Waals surface area contributed by atoms with Gasteiger partial charge in [-0.3, -0.25) is 0 Å². The molecule has 0 saturated carbocycles. The van der Waals surface area contributed by atoms with Crippen LogP contribution < -0.4 is 10.6 Å². The Balaban J connectivity index is 2.10. The standard InChI is InChI=1S/C16H22N2S/c1-3-16(17)13-7-9-14(10-8-13)18(4-2)12-15-6-5-11-19-15/h5-11,16H,3-4,12,17H2,1-2H3/t16-/m0/s1. The molecule has 0 bridgehead atoms. The minimum Gasteiger partial charge on any atom is -0.367 e. The molecule has 1 atom stereocenters. The second-order valence-corrected chi connectivity index (χ2v) is 5.73. The molecule has 0 spiro atoms. The zero-order valence-corrected chi connectivity index (χ0v) is 12.5. The summed E-state index contributed by atoms with van der Waals surface area (Å²) in [6.07, 6.45) is 0.978. The lowest BCUT2D eigenvalue weighted by Crippen LogP contribution is -2.21. The summed E-state index contributed by atoms with van der Waals surface area (Å²) < 4.78 is 0. The van der Waals surface area contributed by atoms with E-state index >= 15 is 0 Å². The van der Waals surface area contributed by atoms with Crippen molar-refractivity contribution in [2.24, 2.45) is 5.73 Å². The first kappa shape index (κ1) is 14.1. The minimum atomic E-state index is 0.154. The first-order valence-electron chi connectivity index (χ1n) is 6.87. The topological polar surface area (TPSA) is 29.3 Å². The quantitative estimate of drug-likeness (QED) is 0.856. The molecule has 0 aliphatic heterocycles. The number of nitrogens with zero attached hydrogens (tertiary/aromatic N) is 1. The van der Waals surface area contributed by atoms with Crippen LogP contribution in [0.25, 0.3) is 0 Å². The highest BCUT2D eigenvalue weighted by molar-refractivity contribution is 7.09. The van der Waals surface area contributed by atoms with Crippen LogP contribution in [0.5, 0.6) is 0 Å². The molecule has 2 nitrogen and oxygen atoms in total. The Hall–Kier alpha value is -1.32. The summed E-state index contributed by atoms with van der Waals surface area (Å²) in [5.74, 6) is 0. The molecular formula is C16H22N2S. The van der Waals surface area contributed by atoms with Crippen molar-refractivity contribution in [2.45, 2.75) is 32.9 Å². The first-order valence-corrected chi connectivity index (χ1v) is 7.75. The zero-order valence-electron chi connectivity index (χ0n) is 11.7. The summed E-state index contributed by atoms with van der Waals surface area (Å²) in [7, 11) is 0. The maximum absolute atomic E-state index is 6.05. The summed E-state index contributed by atoms with van der Waals surface area (Å²) in [6, 6.07) is 13.1. The molecule has 1 heterocycles. The Bertz CT molecular complexity index is 476. The van der Waals surface area contributed by atoms with E-state index in [1.165, 1.54) is 16.1 Å². The molecule has 2 rings (SSSR count). The first-order chi connectivity index (χ1) is 9.24. The Morgan fingerprint density at radius 2 is 1.89 bits per heavy atom. The minimum absolute atomic E-state index is 0.154. The summed E-state index contributed by atoms with van der Waals surface area (Å²) in [6.45, 7) is 6.30. The van der Waals surface area contributed by atoms with Crippen molar-refractivity contribution < 1.29 is 0 Å². The number of hydrogen-bond acceptors (Lipinski definition) is 3. The summed E-state index contributed by atoms with van der Waals surface area (Å²) in [4.78, 5) is 3.78. The Morgan fingerprint density at radius 3 is 2.42 bits per heavy atom. The average Bonchev–Trinajstić information content (AvgIpc) is 2.97. The van der Waals surface area contributed by atoms with Crippen molar-refractivity contribution in [1.29, 1.82) is 0 Å². The van der Waals surface area contributed by atoms with Gasteiger partial charge in [-0.05, 0) is 42.5 Å². The lowest BCUT2D eigenvalue weighted by molar-refractivity contribution is 0.698. The van der Waals surface area contributed by atoms with Crippen LogP contribution in [0.4, 0.5) is 5.69 Å². The van der Waals surface area contributed by atoms with Gasteiger partial charge in [-0.15, -0.1) is 11.3 Å². The third-order valence-corrected chi connectivity index (χ3v) is 4.30. The Morgan fingerprint density at radius 1 is 1.16 bits per heavy atom. The smallest absolute Gasteiger partial charge is 0.0522 e. The molecule has 0 saturated heterocycles. The van der Waals surface area contributed by atoms with Gasteiger partial charge in [0.2, 0.25) is 0 Å². The van der Waals surface area contributed by atoms with Crippen LogP contribution in [0.2, 0.25) is 0 Å². The van der Waals surface area contributed by atoms with Gasteiger partial charge in [0, 0.05) is 23.2 Å². The van der Waals surface area contributed by atoms with E-state index in [9.17, 15) is 0 Å². The van der Waals surface area contributed by atoms with Gasteiger partial charge in [0.05, 0.1) is 6.54 Å². The second kappa shape index (κ2) is 6.73. The van der Waals surface area contributed by atoms with Gasteiger partial charge >= 0.3 is 0 Å². The molecule has 3 heteroatoms. The fourth-order valence-electron chi connectivity index (χ4n) is 2.14. The molecule has 0 amide bonds. The van der Waals surface area contributed by atoms with Crippen LogP contribution >= 0.6 is 11.3 Å². The van der Waals surface area contributed by atoms with Crippen molar-refractivity contribution in [2.75, 3.05) is 11.4 Å². The molecule has 102 valence electrons. The van der Waals surface area contributed by atoms with E-state index in [0.29, 0.717) is 0 Å². The molecule has 0 fully saturated rings. The number of benzene rings is 1. The van der Waals surface area contributed by atoms with Gasteiger partial charge in [-0.1, -0.05) is 25.1 Å². The lowest BCUT2D eigenvalue weighted by atomic mass is 10.1. The zero-order chi connectivity index (χ0) is 13.7. The molecule has 0 aliphatic rings. The van der Waals surface area contributed by atoms with E-state index in [4.69, 9.17) is 5.73 Å². The lowest BCUT2D eigenvalue weighted by Gasteiger charge is -2.23. The molecule has 0 unspecified atom stereocenters. The molecule has 2 aromatic rings. The van der Waals surface area contributed by atoms with Gasteiger partial charge in [-0.25, -0.2) is 0 Å². The Kier molecular flexibility index (Phi) is 5.00. The predicted octanol–water partition coefficient (Wildman–Crippen LogP) is 4.18. The number of rotatable bonds is 6. The predicted molar refractivity (Wildman–Crippen MR) is 84.7 cm³/mol. The molecule has 0 aliphatic carbocycles. The van der Waals surface area contributed by atoms with Gasteiger partial charge in [0.25, 0.3) is 0 Å². The molecule has 2 N–H and O–H groups in total. The van der Waals surface area contributed by atoms with Gasteiger partial charge < -0.3 is 10.6 Å². The molecule has 0 radical (unpaired) electrons. The van der Waals surface area contributed by atoms with Crippen molar-refractivity contribution in [3.8, 4) is 0 Å². The highest BCUT2D eigenvalue weighted by Gasteiger charge is 2.08. The van der Waals surface area contributed by atoms with Crippen LogP contribution in [0, 0.1) is 0 Å². The van der Waals surface area contributed by atoms with E-state index in [1.54, 1.807) is 0 Å². The molecule has 1 aromatic heterocycles. The van der Waals surface area contributed by atoms with E-state index < -0.39 is 0 Å². The van der Waals surface area contributed by atoms with Crippen LogP contribution in [-0.4, -0.2) is 6.54 Å². The fourth-order valence-corrected chi connectivity index (χ4v) is 2.86. The Labute approximate surface area is 119 Å². The van der Waals surface area contributed by atoms with Gasteiger partial charge in [0.15, 0.2) is 0 Å². The maximum atomic E-state index is 6.05. The molecular weight excluding hydrogens is 252 g/mol. The van der Waals surface area contributed by atoms with Gasteiger partial charge in [0.1, 0.15) is 0 Å². The van der Waals surface area contributed by atoms with E-state index in [0.717, 1.165) is 19.5 Å². The van der Waals surface area contributed by atoms with Crippen LogP contribution in [0.1, 0.15) is 36.8 Å². The number of anilines is 1. The monoisotopic (exact) mass is 274 g/mol. The van der Waals surface area contributed by atoms with Crippen LogP contribution in [0.3, 0.4) is 0 Å². The van der Waals surface area contributed by atoms with Crippen molar-refractivity contribution >= 4 is 17.0 Å². The van der Waals surface area contributed by atoms with Crippen molar-refractivity contribution in [1.82, 2.24) is 0 Å². The molecule has 1 aromatic carbocycles. The van der Waals surface area contributed by atoms with E-state index in [-0.39, 0.29) is 6.04 Å². The number of hydrogen-bond donors (Lipinski definition) is 1. The largest absolute Gasteiger partial charge is 0.367 e. The highest BCUT2D eigenvalue weighted by atomic mass is 32.1. The van der Waals surface area contributed by atoms with Gasteiger partial charge in [-0.2, -0.15) is 0 Å². The summed E-state index contributed by atoms with van der Waals surface area (Å²) >= 11 is 1.81. The van der Waals surface area contributed by atoms with Crippen LogP contribution in [-0.2, 0) is 6.54 Å². The highest BCUT2D eigenvalue weighted by Crippen LogP contribution is 2.22. The van der Waals surface area contributed by atoms with E-state index in [2.05, 4.69) is 60.5 Å². The number of nitrogens with two attached hydrogens (primary N) is 1. The van der Waals surface area contributed by atoms with E-state index in [1.807, 2.05) is 11.3 Å². The van der Waals surface area contributed by atoms with Crippen molar-refractivity contribution in [3.63, 3.8) is 0 Å². The third-order valence-electron chi connectivity index (χ3n) is 3.43. The number of thiophene rings is 1. The molecule has 19 heavy (non-hydrogen) atoms. The van der Waals surface area contributed by atoms with Crippen molar-refractivity contribution in [3.05, 3.63) is 52.2 Å². The third kappa shape index (κ3) is 3.58. The SMILES string of the molecule is CC[C@H](N)c1ccc(N(CC)Cc2cccs2)cc1. The average molecular weight is 274 g/mol. The second-order valence-electron chi connectivity index (χ2n) is 4.70. The maximum Gasteiger partial charge on any atom is 0.0522 e. The summed E-state index contributed by atoms with van der Waals surface area (Å²) in [5, 5.41) is 2.13. The normalized spacial score (nSPS) is 12.4. The fraction of sp³-hybridized carbons (Fsp3) is 0.375. The summed E-state index contributed by atoms with van der Waals surface area (Å²) in [5.41, 5.74) is 8.54.